The van der Waals surface area contributed by atoms with Gasteiger partial charge in [-0.3, -0.25) is 4.68 Å². The van der Waals surface area contributed by atoms with Gasteiger partial charge in [-0.05, 0) is 60.0 Å². The van der Waals surface area contributed by atoms with E-state index in [0.717, 1.165) is 17.7 Å². The highest BCUT2D eigenvalue weighted by Crippen LogP contribution is 2.23. The molecule has 0 aliphatic carbocycles. The molecule has 0 radical (unpaired) electrons. The van der Waals surface area contributed by atoms with E-state index < -0.39 is 5.60 Å². The van der Waals surface area contributed by atoms with Crippen molar-refractivity contribution in [3.05, 3.63) is 75.7 Å². The molecule has 154 valence electrons. The van der Waals surface area contributed by atoms with Gasteiger partial charge in [-0.1, -0.05) is 23.7 Å². The molecule has 0 amide bonds. The summed E-state index contributed by atoms with van der Waals surface area (Å²) in [6.07, 6.45) is 3.70. The molecule has 2 atom stereocenters. The van der Waals surface area contributed by atoms with Gasteiger partial charge in [0.2, 0.25) is 0 Å². The highest BCUT2D eigenvalue weighted by molar-refractivity contribution is 7.08. The number of halogens is 1. The van der Waals surface area contributed by atoms with Gasteiger partial charge < -0.3 is 15.7 Å². The fourth-order valence-electron chi connectivity index (χ4n) is 2.94. The molecule has 8 heteroatoms. The van der Waals surface area contributed by atoms with Crippen LogP contribution < -0.4 is 10.6 Å². The zero-order valence-electron chi connectivity index (χ0n) is 16.5. The minimum Gasteiger partial charge on any atom is -0.383 e. The van der Waals surface area contributed by atoms with Crippen molar-refractivity contribution >= 4 is 28.9 Å². The van der Waals surface area contributed by atoms with Crippen molar-refractivity contribution in [1.29, 1.82) is 0 Å². The van der Waals surface area contributed by atoms with Gasteiger partial charge in [0.05, 0.1) is 12.6 Å². The van der Waals surface area contributed by atoms with Crippen LogP contribution in [0, 0.1) is 0 Å². The Hall–Kier alpha value is -2.35. The monoisotopic (exact) mass is 431 g/mol. The summed E-state index contributed by atoms with van der Waals surface area (Å²) in [7, 11) is 0. The van der Waals surface area contributed by atoms with Gasteiger partial charge in [0.25, 0.3) is 0 Å². The van der Waals surface area contributed by atoms with Crippen molar-refractivity contribution < 1.29 is 5.11 Å². The first kappa shape index (κ1) is 21.4. The fourth-order valence-corrected chi connectivity index (χ4v) is 3.85. The molecule has 2 unspecified atom stereocenters. The average molecular weight is 432 g/mol. The molecule has 0 aliphatic heterocycles. The predicted molar refractivity (Wildman–Crippen MR) is 120 cm³/mol. The van der Waals surface area contributed by atoms with Crippen LogP contribution in [0.1, 0.15) is 31.0 Å². The summed E-state index contributed by atoms with van der Waals surface area (Å²) in [4.78, 5) is 4.60. The van der Waals surface area contributed by atoms with E-state index in [2.05, 4.69) is 20.7 Å². The molecule has 0 fully saturated rings. The number of rotatable bonds is 8. The Labute approximate surface area is 180 Å². The number of guanidine groups is 1. The predicted octanol–water partition coefficient (Wildman–Crippen LogP) is 3.65. The molecule has 0 saturated heterocycles. The van der Waals surface area contributed by atoms with Gasteiger partial charge in [0, 0.05) is 30.5 Å². The summed E-state index contributed by atoms with van der Waals surface area (Å²) in [6, 6.07) is 11.6. The van der Waals surface area contributed by atoms with Crippen LogP contribution in [-0.4, -0.2) is 40.5 Å². The van der Waals surface area contributed by atoms with E-state index >= 15 is 0 Å². The Kier molecular flexibility index (Phi) is 7.30. The third kappa shape index (κ3) is 5.82. The first-order valence-electron chi connectivity index (χ1n) is 9.51. The average Bonchev–Trinajstić information content (AvgIpc) is 3.42. The third-order valence-electron chi connectivity index (χ3n) is 4.59. The molecule has 3 aromatic rings. The minimum atomic E-state index is -1.01. The van der Waals surface area contributed by atoms with Crippen molar-refractivity contribution in [2.24, 2.45) is 4.99 Å². The van der Waals surface area contributed by atoms with Crippen LogP contribution in [0.3, 0.4) is 0 Å². The summed E-state index contributed by atoms with van der Waals surface area (Å²) in [6.45, 7) is 5.35. The van der Waals surface area contributed by atoms with Crippen molar-refractivity contribution in [3.8, 4) is 0 Å². The molecule has 29 heavy (non-hydrogen) atoms. The fraction of sp³-hybridized carbons (Fsp3) is 0.333. The first-order chi connectivity index (χ1) is 14.0. The number of benzene rings is 1. The molecule has 2 heterocycles. The van der Waals surface area contributed by atoms with Crippen molar-refractivity contribution in [2.45, 2.75) is 25.5 Å². The summed E-state index contributed by atoms with van der Waals surface area (Å²) in [5.74, 6) is 0.647. The first-order valence-corrected chi connectivity index (χ1v) is 10.8. The molecule has 3 rings (SSSR count). The standard InChI is InChI=1S/C21H26ClN5OS/c1-3-23-20(25-15-21(2,28)17-9-12-29-14-17)24-13-19(27-11-4-10-26-27)16-5-7-18(22)8-6-16/h4-12,14,19,28H,3,13,15H2,1-2H3,(H2,23,24,25). The van der Waals surface area contributed by atoms with Gasteiger partial charge in [0.1, 0.15) is 5.60 Å². The highest BCUT2D eigenvalue weighted by Gasteiger charge is 2.23. The quantitative estimate of drug-likeness (QED) is 0.376. The maximum absolute atomic E-state index is 10.7. The molecule has 0 bridgehead atoms. The van der Waals surface area contributed by atoms with Crippen molar-refractivity contribution in [1.82, 2.24) is 20.4 Å². The molecular formula is C21H26ClN5OS. The number of nitrogens with zero attached hydrogens (tertiary/aromatic N) is 3. The van der Waals surface area contributed by atoms with Crippen LogP contribution in [-0.2, 0) is 5.60 Å². The van der Waals surface area contributed by atoms with Crippen molar-refractivity contribution in [2.75, 3.05) is 19.6 Å². The second-order valence-electron chi connectivity index (χ2n) is 6.92. The zero-order chi connectivity index (χ0) is 20.7. The maximum Gasteiger partial charge on any atom is 0.191 e. The smallest absolute Gasteiger partial charge is 0.191 e. The number of aromatic nitrogens is 2. The highest BCUT2D eigenvalue weighted by atomic mass is 35.5. The van der Waals surface area contributed by atoms with E-state index in [9.17, 15) is 5.11 Å². The molecule has 0 aliphatic rings. The van der Waals surface area contributed by atoms with E-state index in [0.29, 0.717) is 17.5 Å². The maximum atomic E-state index is 10.7. The number of hydrogen-bond donors (Lipinski definition) is 3. The number of nitrogens with one attached hydrogen (secondary N) is 2. The van der Waals surface area contributed by atoms with Gasteiger partial charge in [-0.25, -0.2) is 4.99 Å². The Morgan fingerprint density at radius 3 is 2.72 bits per heavy atom. The van der Waals surface area contributed by atoms with Crippen LogP contribution in [0.4, 0.5) is 0 Å². The van der Waals surface area contributed by atoms with Crippen LogP contribution in [0.5, 0.6) is 0 Å². The molecule has 0 spiro atoms. The Morgan fingerprint density at radius 1 is 1.31 bits per heavy atom. The van der Waals surface area contributed by atoms with E-state index in [4.69, 9.17) is 11.6 Å². The lowest BCUT2D eigenvalue weighted by Crippen LogP contribution is -2.41. The second-order valence-corrected chi connectivity index (χ2v) is 8.13. The normalized spacial score (nSPS) is 15.0. The number of aliphatic hydroxyl groups is 1. The van der Waals surface area contributed by atoms with E-state index in [1.165, 1.54) is 0 Å². The Bertz CT molecular complexity index is 892. The lowest BCUT2D eigenvalue weighted by atomic mass is 10.00. The number of hydrogen-bond acceptors (Lipinski definition) is 4. The molecule has 0 saturated carbocycles. The summed E-state index contributed by atoms with van der Waals surface area (Å²) < 4.78 is 1.90. The van der Waals surface area contributed by atoms with E-state index in [1.54, 1.807) is 24.5 Å². The topological polar surface area (TPSA) is 74.5 Å². The largest absolute Gasteiger partial charge is 0.383 e. The van der Waals surface area contributed by atoms with Crippen LogP contribution in [0.2, 0.25) is 5.02 Å². The minimum absolute atomic E-state index is 0.0245. The van der Waals surface area contributed by atoms with E-state index in [-0.39, 0.29) is 12.6 Å². The molecular weight excluding hydrogens is 406 g/mol. The van der Waals surface area contributed by atoms with Crippen LogP contribution in [0.15, 0.2) is 64.5 Å². The SMILES string of the molecule is CCNC(=NCC(C)(O)c1ccsc1)NCC(c1ccc(Cl)cc1)n1cccn1. The van der Waals surface area contributed by atoms with Gasteiger partial charge in [-0.2, -0.15) is 16.4 Å². The second kappa shape index (κ2) is 9.91. The van der Waals surface area contributed by atoms with Crippen molar-refractivity contribution in [3.63, 3.8) is 0 Å². The van der Waals surface area contributed by atoms with E-state index in [1.807, 2.05) is 65.0 Å². The molecule has 3 N–H and O–H groups in total. The molecule has 1 aromatic carbocycles. The van der Waals surface area contributed by atoms with Gasteiger partial charge in [-0.15, -0.1) is 0 Å². The number of thiophene rings is 1. The summed E-state index contributed by atoms with van der Waals surface area (Å²) in [5.41, 5.74) is 0.948. The van der Waals surface area contributed by atoms with Crippen LogP contribution >= 0.6 is 22.9 Å². The Morgan fingerprint density at radius 2 is 2.10 bits per heavy atom. The summed E-state index contributed by atoms with van der Waals surface area (Å²) >= 11 is 7.61. The number of aliphatic imine (C=N–C) groups is 1. The van der Waals surface area contributed by atoms with Gasteiger partial charge >= 0.3 is 0 Å². The lowest BCUT2D eigenvalue weighted by molar-refractivity contribution is 0.0677. The summed E-state index contributed by atoms with van der Waals surface area (Å²) in [5, 5.41) is 26.4. The zero-order valence-corrected chi connectivity index (χ0v) is 18.1. The lowest BCUT2D eigenvalue weighted by Gasteiger charge is -2.23. The van der Waals surface area contributed by atoms with Gasteiger partial charge in [0.15, 0.2) is 5.96 Å². The Balaban J connectivity index is 1.73. The molecule has 6 nitrogen and oxygen atoms in total. The molecule has 2 aromatic heterocycles. The third-order valence-corrected chi connectivity index (χ3v) is 5.53. The van der Waals surface area contributed by atoms with Crippen LogP contribution in [0.25, 0.3) is 0 Å².